The molecule has 0 N–H and O–H groups in total. The van der Waals surface area contributed by atoms with Crippen LogP contribution in [-0.4, -0.2) is 47.9 Å². The first kappa shape index (κ1) is 21.8. The molecule has 0 fully saturated rings. The largest absolute Gasteiger partial charge is 0.442 e. The van der Waals surface area contributed by atoms with Crippen molar-refractivity contribution in [3.05, 3.63) is 28.9 Å². The second kappa shape index (κ2) is 7.74. The van der Waals surface area contributed by atoms with Crippen molar-refractivity contribution in [2.24, 2.45) is 0 Å². The van der Waals surface area contributed by atoms with Crippen molar-refractivity contribution >= 4 is 40.5 Å². The van der Waals surface area contributed by atoms with Crippen LogP contribution in [0.15, 0.2) is 18.5 Å². The highest BCUT2D eigenvalue weighted by atomic mass is 35.5. The summed E-state index contributed by atoms with van der Waals surface area (Å²) in [5.41, 5.74) is -0.198. The normalized spacial score (nSPS) is 19.7. The minimum Gasteiger partial charge on any atom is -0.442 e. The lowest BCUT2D eigenvalue weighted by Crippen LogP contribution is -2.46. The van der Waals surface area contributed by atoms with Crippen LogP contribution in [0.3, 0.4) is 0 Å². The molecule has 1 amide bonds. The number of rotatable bonds is 3. The fraction of sp³-hybridized carbons (Fsp3) is 0.579. The highest BCUT2D eigenvalue weighted by molar-refractivity contribution is 6.35. The van der Waals surface area contributed by atoms with Crippen LogP contribution in [0, 0.1) is 0 Å². The number of hydroxylamine groups is 2. The average Bonchev–Trinajstić information content (AvgIpc) is 3.16. The zero-order valence-corrected chi connectivity index (χ0v) is 18.8. The number of allylic oxidation sites excluding steroid dienone is 1. The molecular formula is C19H25Cl2N5O3. The van der Waals surface area contributed by atoms with E-state index in [-0.39, 0.29) is 22.5 Å². The van der Waals surface area contributed by atoms with E-state index < -0.39 is 17.3 Å². The summed E-state index contributed by atoms with van der Waals surface area (Å²) in [6.45, 7) is 11.1. The molecule has 158 valence electrons. The topological polar surface area (TPSA) is 82.4 Å². The second-order valence-electron chi connectivity index (χ2n) is 8.87. The summed E-state index contributed by atoms with van der Waals surface area (Å²) in [6.07, 6.45) is 5.54. The van der Waals surface area contributed by atoms with Gasteiger partial charge in [0.2, 0.25) is 5.28 Å². The summed E-state index contributed by atoms with van der Waals surface area (Å²) in [5, 5.41) is 1.55. The van der Waals surface area contributed by atoms with Crippen molar-refractivity contribution in [1.29, 1.82) is 0 Å². The fourth-order valence-electron chi connectivity index (χ4n) is 2.98. The first-order valence-electron chi connectivity index (χ1n) is 9.29. The van der Waals surface area contributed by atoms with E-state index >= 15 is 0 Å². The summed E-state index contributed by atoms with van der Waals surface area (Å²) in [5.74, 6) is 0. The monoisotopic (exact) mass is 441 g/mol. The van der Waals surface area contributed by atoms with E-state index in [4.69, 9.17) is 32.8 Å². The molecule has 1 aliphatic rings. The molecule has 0 aromatic carbocycles. The number of imidazole rings is 1. The van der Waals surface area contributed by atoms with Gasteiger partial charge in [-0.05, 0) is 59.6 Å². The first-order chi connectivity index (χ1) is 13.3. The Hall–Kier alpha value is -1.90. The lowest BCUT2D eigenvalue weighted by Gasteiger charge is -2.34. The number of carbonyl (C=O) groups is 1. The van der Waals surface area contributed by atoms with E-state index in [1.54, 1.807) is 6.33 Å². The van der Waals surface area contributed by atoms with Gasteiger partial charge in [0.05, 0.1) is 24.0 Å². The number of fused-ring (bicyclic) bond motifs is 1. The SMILES string of the molecule is CC(C)(C)OC(=O)N(OC(C)(C)C)[C@@H]1C=C[C@H](n2cnc3c(Cl)nc(Cl)nc32)C1. The van der Waals surface area contributed by atoms with Crippen molar-refractivity contribution in [3.63, 3.8) is 0 Å². The predicted molar refractivity (Wildman–Crippen MR) is 111 cm³/mol. The minimum absolute atomic E-state index is 0.0502. The smallest absolute Gasteiger partial charge is 0.435 e. The number of ether oxygens (including phenoxy) is 1. The van der Waals surface area contributed by atoms with Crippen LogP contribution in [0.25, 0.3) is 11.2 Å². The molecule has 0 bridgehead atoms. The Bertz CT molecular complexity index is 946. The molecule has 2 aromatic rings. The molecule has 0 saturated heterocycles. The van der Waals surface area contributed by atoms with Crippen LogP contribution >= 0.6 is 23.2 Å². The van der Waals surface area contributed by atoms with E-state index in [2.05, 4.69) is 15.0 Å². The van der Waals surface area contributed by atoms with Gasteiger partial charge in [-0.1, -0.05) is 23.8 Å². The minimum atomic E-state index is -0.636. The van der Waals surface area contributed by atoms with Gasteiger partial charge in [-0.15, -0.1) is 0 Å². The summed E-state index contributed by atoms with van der Waals surface area (Å²) >= 11 is 12.1. The number of amides is 1. The van der Waals surface area contributed by atoms with Gasteiger partial charge in [-0.3, -0.25) is 4.84 Å². The van der Waals surface area contributed by atoms with Gasteiger partial charge in [0.15, 0.2) is 10.8 Å². The zero-order chi connectivity index (χ0) is 21.6. The predicted octanol–water partition coefficient (Wildman–Crippen LogP) is 4.97. The van der Waals surface area contributed by atoms with Gasteiger partial charge < -0.3 is 9.30 Å². The molecular weight excluding hydrogens is 417 g/mol. The Morgan fingerprint density at radius 3 is 2.45 bits per heavy atom. The summed E-state index contributed by atoms with van der Waals surface area (Å²) in [6, 6.07) is -0.431. The van der Waals surface area contributed by atoms with E-state index in [0.717, 1.165) is 0 Å². The molecule has 1 aliphatic carbocycles. The number of hydrogen-bond donors (Lipinski definition) is 0. The van der Waals surface area contributed by atoms with Crippen LogP contribution in [0.1, 0.15) is 54.0 Å². The fourth-order valence-corrected chi connectivity index (χ4v) is 3.40. The van der Waals surface area contributed by atoms with Crippen molar-refractivity contribution in [3.8, 4) is 0 Å². The second-order valence-corrected chi connectivity index (χ2v) is 9.57. The molecule has 2 heterocycles. The van der Waals surface area contributed by atoms with E-state index in [1.807, 2.05) is 58.3 Å². The summed E-state index contributed by atoms with van der Waals surface area (Å²) in [4.78, 5) is 31.2. The van der Waals surface area contributed by atoms with Crippen molar-refractivity contribution in [2.45, 2.75) is 71.2 Å². The number of aromatic nitrogens is 4. The third kappa shape index (κ3) is 5.18. The van der Waals surface area contributed by atoms with Gasteiger partial charge in [-0.2, -0.15) is 10.0 Å². The van der Waals surface area contributed by atoms with Crippen LogP contribution in [0.5, 0.6) is 0 Å². The maximum absolute atomic E-state index is 12.8. The Kier molecular flexibility index (Phi) is 5.82. The maximum atomic E-state index is 12.8. The molecule has 10 heteroatoms. The van der Waals surface area contributed by atoms with Crippen LogP contribution < -0.4 is 0 Å². The Morgan fingerprint density at radius 1 is 1.14 bits per heavy atom. The lowest BCUT2D eigenvalue weighted by atomic mass is 10.2. The van der Waals surface area contributed by atoms with Gasteiger partial charge in [-0.25, -0.2) is 14.8 Å². The summed E-state index contributed by atoms with van der Waals surface area (Å²) in [7, 11) is 0. The highest BCUT2D eigenvalue weighted by Gasteiger charge is 2.36. The van der Waals surface area contributed by atoms with Gasteiger partial charge in [0, 0.05) is 0 Å². The third-order valence-corrected chi connectivity index (χ3v) is 4.43. The Labute approximate surface area is 179 Å². The molecule has 2 aromatic heterocycles. The van der Waals surface area contributed by atoms with Crippen molar-refractivity contribution in [2.75, 3.05) is 0 Å². The molecule has 2 atom stereocenters. The van der Waals surface area contributed by atoms with Crippen molar-refractivity contribution in [1.82, 2.24) is 24.6 Å². The number of carbonyl (C=O) groups excluding carboxylic acids is 1. The number of halogens is 2. The molecule has 3 rings (SSSR count). The Balaban J connectivity index is 1.85. The van der Waals surface area contributed by atoms with Crippen LogP contribution in [-0.2, 0) is 9.57 Å². The van der Waals surface area contributed by atoms with Crippen LogP contribution in [0.2, 0.25) is 10.4 Å². The molecule has 0 aliphatic heterocycles. The molecule has 0 unspecified atom stereocenters. The number of hydrogen-bond acceptors (Lipinski definition) is 6. The molecule has 0 saturated carbocycles. The van der Waals surface area contributed by atoms with Gasteiger partial charge in [0.1, 0.15) is 11.1 Å². The number of nitrogens with zero attached hydrogens (tertiary/aromatic N) is 5. The zero-order valence-electron chi connectivity index (χ0n) is 17.3. The van der Waals surface area contributed by atoms with Gasteiger partial charge in [0.25, 0.3) is 0 Å². The molecule has 0 spiro atoms. The third-order valence-electron chi connectivity index (χ3n) is 3.99. The lowest BCUT2D eigenvalue weighted by molar-refractivity contribution is -0.223. The Morgan fingerprint density at radius 2 is 1.83 bits per heavy atom. The first-order valence-corrected chi connectivity index (χ1v) is 10.0. The quantitative estimate of drug-likeness (QED) is 0.289. The molecule has 0 radical (unpaired) electrons. The molecule has 8 nitrogen and oxygen atoms in total. The summed E-state index contributed by atoms with van der Waals surface area (Å²) < 4.78 is 7.40. The highest BCUT2D eigenvalue weighted by Crippen LogP contribution is 2.32. The average molecular weight is 442 g/mol. The van der Waals surface area contributed by atoms with E-state index in [9.17, 15) is 4.79 Å². The van der Waals surface area contributed by atoms with Gasteiger partial charge >= 0.3 is 6.09 Å². The van der Waals surface area contributed by atoms with E-state index in [1.165, 1.54) is 5.06 Å². The molecule has 29 heavy (non-hydrogen) atoms. The van der Waals surface area contributed by atoms with Crippen LogP contribution in [0.4, 0.5) is 4.79 Å². The van der Waals surface area contributed by atoms with Crippen molar-refractivity contribution < 1.29 is 14.4 Å². The standard InChI is InChI=1S/C19H25Cl2N5O3/c1-18(2,3)28-17(27)26(29-19(4,5)6)12-8-7-11(9-12)25-10-22-13-14(20)23-16(21)24-15(13)25/h7-8,10-12H,9H2,1-6H3/t11-,12+/m0/s1. The maximum Gasteiger partial charge on any atom is 0.435 e. The van der Waals surface area contributed by atoms with E-state index in [0.29, 0.717) is 17.6 Å².